The molecule has 1 aliphatic rings. The summed E-state index contributed by atoms with van der Waals surface area (Å²) < 4.78 is 11.6. The van der Waals surface area contributed by atoms with Gasteiger partial charge in [0.2, 0.25) is 5.91 Å². The van der Waals surface area contributed by atoms with Crippen molar-refractivity contribution in [3.8, 4) is 5.75 Å². The third kappa shape index (κ3) is 5.40. The molecular formula is C22H27N3O4. The molecule has 0 saturated carbocycles. The van der Waals surface area contributed by atoms with E-state index in [9.17, 15) is 9.59 Å². The second-order valence-electron chi connectivity index (χ2n) is 7.89. The first-order valence-corrected chi connectivity index (χ1v) is 9.57. The van der Waals surface area contributed by atoms with Crippen molar-refractivity contribution in [2.24, 2.45) is 0 Å². The van der Waals surface area contributed by atoms with Crippen molar-refractivity contribution < 1.29 is 19.1 Å². The number of carbonyl (C=O) groups excluding carboxylic acids is 2. The predicted molar refractivity (Wildman–Crippen MR) is 112 cm³/mol. The highest BCUT2D eigenvalue weighted by molar-refractivity contribution is 5.91. The Hall–Kier alpha value is -3.22. The molecule has 0 spiro atoms. The van der Waals surface area contributed by atoms with Crippen molar-refractivity contribution in [2.75, 3.05) is 17.2 Å². The number of amides is 2. The van der Waals surface area contributed by atoms with Crippen molar-refractivity contribution in [2.45, 2.75) is 45.4 Å². The molecule has 3 N–H and O–H groups in total. The van der Waals surface area contributed by atoms with E-state index in [4.69, 9.17) is 15.2 Å². The molecule has 2 aromatic carbocycles. The summed E-state index contributed by atoms with van der Waals surface area (Å²) in [4.78, 5) is 25.9. The Kier molecular flexibility index (Phi) is 5.96. The van der Waals surface area contributed by atoms with Gasteiger partial charge >= 0.3 is 6.09 Å². The molecule has 2 amide bonds. The molecule has 0 aromatic heterocycles. The second-order valence-corrected chi connectivity index (χ2v) is 7.89. The van der Waals surface area contributed by atoms with Gasteiger partial charge in [-0.15, -0.1) is 0 Å². The summed E-state index contributed by atoms with van der Waals surface area (Å²) in [6.45, 7) is 5.81. The lowest BCUT2D eigenvalue weighted by Crippen LogP contribution is -2.50. The standard InChI is InChI=1S/C22H27N3O4/c1-15(26)24-22(2,3)12-18-13-25(19-11-17(23)9-10-20(19)29-18)21(27)28-14-16-7-5-4-6-8-16/h4-11,18H,12-14,23H2,1-3H3,(H,24,26)/t18-/m0/s1. The molecule has 7 heteroatoms. The first kappa shape index (κ1) is 20.5. The Morgan fingerprint density at radius 3 is 2.66 bits per heavy atom. The summed E-state index contributed by atoms with van der Waals surface area (Å²) in [6.07, 6.45) is -0.248. The van der Waals surface area contributed by atoms with E-state index in [2.05, 4.69) is 5.32 Å². The number of nitrogen functional groups attached to an aromatic ring is 1. The monoisotopic (exact) mass is 397 g/mol. The maximum Gasteiger partial charge on any atom is 0.414 e. The molecule has 1 heterocycles. The number of nitrogens with two attached hydrogens (primary N) is 1. The summed E-state index contributed by atoms with van der Waals surface area (Å²) in [5.74, 6) is 0.448. The molecule has 3 rings (SSSR count). The van der Waals surface area contributed by atoms with E-state index in [1.54, 1.807) is 23.1 Å². The van der Waals surface area contributed by atoms with Crippen molar-refractivity contribution in [1.82, 2.24) is 5.32 Å². The number of nitrogens with one attached hydrogen (secondary N) is 1. The number of hydrogen-bond acceptors (Lipinski definition) is 5. The van der Waals surface area contributed by atoms with Gasteiger partial charge in [0.15, 0.2) is 0 Å². The topological polar surface area (TPSA) is 93.9 Å². The van der Waals surface area contributed by atoms with Gasteiger partial charge in [0.05, 0.1) is 12.2 Å². The van der Waals surface area contributed by atoms with Crippen LogP contribution in [-0.2, 0) is 16.1 Å². The zero-order chi connectivity index (χ0) is 21.0. The number of ether oxygens (including phenoxy) is 2. The highest BCUT2D eigenvalue weighted by Crippen LogP contribution is 2.37. The fourth-order valence-electron chi connectivity index (χ4n) is 3.54. The van der Waals surface area contributed by atoms with Crippen LogP contribution in [-0.4, -0.2) is 30.2 Å². The Balaban J connectivity index is 1.77. The summed E-state index contributed by atoms with van der Waals surface area (Å²) in [5.41, 5.74) is 7.45. The van der Waals surface area contributed by atoms with Gasteiger partial charge in [-0.3, -0.25) is 9.69 Å². The maximum absolute atomic E-state index is 12.9. The van der Waals surface area contributed by atoms with Gasteiger partial charge in [-0.1, -0.05) is 30.3 Å². The molecule has 2 aromatic rings. The number of fused-ring (bicyclic) bond motifs is 1. The van der Waals surface area contributed by atoms with E-state index in [1.165, 1.54) is 6.92 Å². The largest absolute Gasteiger partial charge is 0.486 e. The molecule has 29 heavy (non-hydrogen) atoms. The summed E-state index contributed by atoms with van der Waals surface area (Å²) in [6, 6.07) is 14.7. The number of hydrogen-bond donors (Lipinski definition) is 2. The predicted octanol–water partition coefficient (Wildman–Crippen LogP) is 3.48. The van der Waals surface area contributed by atoms with Gasteiger partial charge in [0.25, 0.3) is 0 Å². The van der Waals surface area contributed by atoms with Crippen molar-refractivity contribution in [1.29, 1.82) is 0 Å². The first-order chi connectivity index (χ1) is 13.7. The molecule has 0 saturated heterocycles. The number of anilines is 2. The van der Waals surface area contributed by atoms with E-state index in [0.29, 0.717) is 30.1 Å². The van der Waals surface area contributed by atoms with Crippen LogP contribution >= 0.6 is 0 Å². The molecule has 7 nitrogen and oxygen atoms in total. The molecule has 0 unspecified atom stereocenters. The van der Waals surface area contributed by atoms with Gasteiger partial charge < -0.3 is 20.5 Å². The number of carbonyl (C=O) groups is 2. The van der Waals surface area contributed by atoms with Crippen LogP contribution in [0.15, 0.2) is 48.5 Å². The van der Waals surface area contributed by atoms with E-state index < -0.39 is 11.6 Å². The van der Waals surface area contributed by atoms with Crippen LogP contribution in [0.1, 0.15) is 32.8 Å². The first-order valence-electron chi connectivity index (χ1n) is 9.57. The van der Waals surface area contributed by atoms with Gasteiger partial charge in [0.1, 0.15) is 18.5 Å². The number of rotatable bonds is 5. The smallest absolute Gasteiger partial charge is 0.414 e. The quantitative estimate of drug-likeness (QED) is 0.754. The third-order valence-electron chi connectivity index (χ3n) is 4.63. The average Bonchev–Trinajstić information content (AvgIpc) is 2.65. The molecule has 0 radical (unpaired) electrons. The summed E-state index contributed by atoms with van der Waals surface area (Å²) in [5, 5.41) is 2.92. The van der Waals surface area contributed by atoms with Gasteiger partial charge in [-0.2, -0.15) is 0 Å². The minimum atomic E-state index is -0.485. The highest BCUT2D eigenvalue weighted by atomic mass is 16.6. The molecule has 0 bridgehead atoms. The van der Waals surface area contributed by atoms with Crippen LogP contribution in [0, 0.1) is 0 Å². The lowest BCUT2D eigenvalue weighted by Gasteiger charge is -2.38. The Morgan fingerprint density at radius 2 is 1.97 bits per heavy atom. The van der Waals surface area contributed by atoms with E-state index >= 15 is 0 Å². The molecule has 0 fully saturated rings. The van der Waals surface area contributed by atoms with Crippen LogP contribution < -0.4 is 20.7 Å². The Morgan fingerprint density at radius 1 is 1.24 bits per heavy atom. The highest BCUT2D eigenvalue weighted by Gasteiger charge is 2.34. The van der Waals surface area contributed by atoms with E-state index in [-0.39, 0.29) is 18.6 Å². The zero-order valence-corrected chi connectivity index (χ0v) is 17.0. The molecule has 1 atom stereocenters. The van der Waals surface area contributed by atoms with Crippen molar-refractivity contribution in [3.63, 3.8) is 0 Å². The zero-order valence-electron chi connectivity index (χ0n) is 17.0. The van der Waals surface area contributed by atoms with Crippen LogP contribution in [0.4, 0.5) is 16.2 Å². The lowest BCUT2D eigenvalue weighted by molar-refractivity contribution is -0.120. The molecule has 154 valence electrons. The minimum Gasteiger partial charge on any atom is -0.486 e. The fourth-order valence-corrected chi connectivity index (χ4v) is 3.54. The Bertz CT molecular complexity index is 883. The van der Waals surface area contributed by atoms with Gasteiger partial charge in [-0.25, -0.2) is 4.79 Å². The SMILES string of the molecule is CC(=O)NC(C)(C)C[C@H]1CN(C(=O)OCc2ccccc2)c2cc(N)ccc2O1. The van der Waals surface area contributed by atoms with Crippen LogP contribution in [0.3, 0.4) is 0 Å². The van der Waals surface area contributed by atoms with Crippen molar-refractivity contribution in [3.05, 3.63) is 54.1 Å². The van der Waals surface area contributed by atoms with Gasteiger partial charge in [-0.05, 0) is 37.6 Å². The fraction of sp³-hybridized carbons (Fsp3) is 0.364. The van der Waals surface area contributed by atoms with Crippen LogP contribution in [0.2, 0.25) is 0 Å². The van der Waals surface area contributed by atoms with Crippen LogP contribution in [0.5, 0.6) is 5.75 Å². The summed E-state index contributed by atoms with van der Waals surface area (Å²) >= 11 is 0. The average molecular weight is 397 g/mol. The molecular weight excluding hydrogens is 370 g/mol. The number of benzene rings is 2. The van der Waals surface area contributed by atoms with Gasteiger partial charge in [0, 0.05) is 24.6 Å². The molecule has 0 aliphatic carbocycles. The third-order valence-corrected chi connectivity index (χ3v) is 4.63. The van der Waals surface area contributed by atoms with Crippen LogP contribution in [0.25, 0.3) is 0 Å². The maximum atomic E-state index is 12.9. The van der Waals surface area contributed by atoms with Crippen molar-refractivity contribution >= 4 is 23.4 Å². The second kappa shape index (κ2) is 8.43. The minimum absolute atomic E-state index is 0.113. The lowest BCUT2D eigenvalue weighted by atomic mass is 9.95. The van der Waals surface area contributed by atoms with E-state index in [1.807, 2.05) is 44.2 Å². The van der Waals surface area contributed by atoms with E-state index in [0.717, 1.165) is 5.56 Å². The summed E-state index contributed by atoms with van der Waals surface area (Å²) in [7, 11) is 0. The Labute approximate surface area is 170 Å². The normalized spacial score (nSPS) is 15.8. The molecule has 1 aliphatic heterocycles. The number of nitrogens with zero attached hydrogens (tertiary/aromatic N) is 1.